The minimum absolute atomic E-state index is 0.864. The minimum Gasteiger partial charge on any atom is -0.455 e. The zero-order chi connectivity index (χ0) is 30.9. The Bertz CT molecular complexity index is 2820. The lowest BCUT2D eigenvalue weighted by molar-refractivity contribution is 0.670. The van der Waals surface area contributed by atoms with E-state index in [1.165, 1.54) is 16.2 Å². The molecular formula is C44H27NO2. The highest BCUT2D eigenvalue weighted by atomic mass is 16.3. The van der Waals surface area contributed by atoms with Gasteiger partial charge in [0.25, 0.3) is 0 Å². The van der Waals surface area contributed by atoms with Crippen LogP contribution in [0.3, 0.4) is 0 Å². The zero-order valence-electron chi connectivity index (χ0n) is 25.4. The van der Waals surface area contributed by atoms with Gasteiger partial charge in [-0.3, -0.25) is 0 Å². The largest absolute Gasteiger partial charge is 0.455 e. The maximum Gasteiger partial charge on any atom is 0.143 e. The van der Waals surface area contributed by atoms with Crippen molar-refractivity contribution in [1.82, 2.24) is 0 Å². The van der Waals surface area contributed by atoms with Gasteiger partial charge in [-0.2, -0.15) is 0 Å². The van der Waals surface area contributed by atoms with E-state index in [2.05, 4.69) is 157 Å². The summed E-state index contributed by atoms with van der Waals surface area (Å²) in [5, 5.41) is 9.12. The number of anilines is 3. The molecule has 0 aliphatic carbocycles. The third-order valence-corrected chi connectivity index (χ3v) is 9.42. The number of rotatable bonds is 4. The molecule has 10 aromatic rings. The van der Waals surface area contributed by atoms with E-state index in [4.69, 9.17) is 8.83 Å². The van der Waals surface area contributed by atoms with Crippen LogP contribution < -0.4 is 4.90 Å². The van der Waals surface area contributed by atoms with Crippen LogP contribution in [0.25, 0.3) is 76.5 Å². The molecule has 47 heavy (non-hydrogen) atoms. The molecule has 8 aromatic carbocycles. The summed E-state index contributed by atoms with van der Waals surface area (Å²) < 4.78 is 13.1. The quantitative estimate of drug-likeness (QED) is 0.201. The predicted molar refractivity (Wildman–Crippen MR) is 196 cm³/mol. The summed E-state index contributed by atoms with van der Waals surface area (Å²) in [4.78, 5) is 2.36. The van der Waals surface area contributed by atoms with Gasteiger partial charge < -0.3 is 13.7 Å². The van der Waals surface area contributed by atoms with Crippen molar-refractivity contribution in [2.24, 2.45) is 0 Å². The highest BCUT2D eigenvalue weighted by Gasteiger charge is 2.21. The molecule has 0 fully saturated rings. The van der Waals surface area contributed by atoms with Crippen LogP contribution >= 0.6 is 0 Å². The lowest BCUT2D eigenvalue weighted by Gasteiger charge is -2.27. The van der Waals surface area contributed by atoms with Crippen molar-refractivity contribution in [3.8, 4) is 11.1 Å². The van der Waals surface area contributed by atoms with E-state index in [-0.39, 0.29) is 0 Å². The molecular weight excluding hydrogens is 574 g/mol. The average Bonchev–Trinajstić information content (AvgIpc) is 3.71. The molecule has 2 aromatic heterocycles. The first-order valence-electron chi connectivity index (χ1n) is 15.9. The van der Waals surface area contributed by atoms with E-state index in [0.717, 1.165) is 77.5 Å². The Hall–Kier alpha value is -6.32. The van der Waals surface area contributed by atoms with Gasteiger partial charge in [-0.15, -0.1) is 0 Å². The maximum absolute atomic E-state index is 6.63. The van der Waals surface area contributed by atoms with E-state index in [9.17, 15) is 0 Å². The summed E-state index contributed by atoms with van der Waals surface area (Å²) in [6.45, 7) is 0. The lowest BCUT2D eigenvalue weighted by atomic mass is 10.0. The number of benzene rings is 8. The van der Waals surface area contributed by atoms with Gasteiger partial charge in [-0.1, -0.05) is 115 Å². The highest BCUT2D eigenvalue weighted by Crippen LogP contribution is 2.46. The molecule has 0 bridgehead atoms. The van der Waals surface area contributed by atoms with Gasteiger partial charge in [0.15, 0.2) is 0 Å². The molecule has 0 aliphatic rings. The molecule has 0 saturated heterocycles. The second kappa shape index (κ2) is 10.1. The van der Waals surface area contributed by atoms with Crippen LogP contribution in [0.1, 0.15) is 0 Å². The van der Waals surface area contributed by atoms with Crippen LogP contribution in [0.4, 0.5) is 17.1 Å². The Kier molecular flexibility index (Phi) is 5.57. The third kappa shape index (κ3) is 4.00. The Balaban J connectivity index is 1.24. The van der Waals surface area contributed by atoms with E-state index in [0.29, 0.717) is 0 Å². The monoisotopic (exact) mass is 601 g/mol. The average molecular weight is 602 g/mol. The molecule has 0 aliphatic heterocycles. The molecule has 0 unspecified atom stereocenters. The smallest absolute Gasteiger partial charge is 0.143 e. The fraction of sp³-hybridized carbons (Fsp3) is 0. The van der Waals surface area contributed by atoms with Crippen molar-refractivity contribution < 1.29 is 8.83 Å². The fourth-order valence-electron chi connectivity index (χ4n) is 7.25. The van der Waals surface area contributed by atoms with Crippen LogP contribution in [0.2, 0.25) is 0 Å². The molecule has 10 rings (SSSR count). The van der Waals surface area contributed by atoms with Crippen molar-refractivity contribution in [2.75, 3.05) is 4.90 Å². The number of para-hydroxylation sites is 2. The molecule has 2 heterocycles. The Morgan fingerprint density at radius 2 is 1.06 bits per heavy atom. The van der Waals surface area contributed by atoms with Crippen LogP contribution in [0, 0.1) is 0 Å². The normalized spacial score (nSPS) is 11.8. The Morgan fingerprint density at radius 3 is 2.00 bits per heavy atom. The minimum atomic E-state index is 0.864. The predicted octanol–water partition coefficient (Wildman–Crippen LogP) is 12.9. The molecule has 0 radical (unpaired) electrons. The Morgan fingerprint density at radius 1 is 0.383 bits per heavy atom. The van der Waals surface area contributed by atoms with Crippen molar-refractivity contribution in [3.05, 3.63) is 164 Å². The van der Waals surface area contributed by atoms with Gasteiger partial charge in [-0.05, 0) is 70.3 Å². The molecule has 220 valence electrons. The van der Waals surface area contributed by atoms with E-state index < -0.39 is 0 Å². The molecule has 0 saturated carbocycles. The van der Waals surface area contributed by atoms with Crippen molar-refractivity contribution >= 4 is 82.5 Å². The van der Waals surface area contributed by atoms with Gasteiger partial charge in [-0.25, -0.2) is 0 Å². The summed E-state index contributed by atoms with van der Waals surface area (Å²) in [6, 6.07) is 57.8. The summed E-state index contributed by atoms with van der Waals surface area (Å²) in [5.41, 5.74) is 8.92. The van der Waals surface area contributed by atoms with E-state index >= 15 is 0 Å². The molecule has 0 atom stereocenters. The molecule has 3 heteroatoms. The maximum atomic E-state index is 6.63. The number of hydrogen-bond donors (Lipinski definition) is 0. The first-order chi connectivity index (χ1) is 23.3. The van der Waals surface area contributed by atoms with Crippen LogP contribution in [0.5, 0.6) is 0 Å². The second-order valence-corrected chi connectivity index (χ2v) is 12.1. The SMILES string of the molecule is c1cc(-c2cccc3c2oc2ccccc23)cc(N(c2ccc3ccccc3c2)c2cccc3oc4c5ccccc5ccc4c23)c1. The molecule has 0 spiro atoms. The van der Waals surface area contributed by atoms with Gasteiger partial charge in [0, 0.05) is 38.5 Å². The summed E-state index contributed by atoms with van der Waals surface area (Å²) in [7, 11) is 0. The van der Waals surface area contributed by atoms with Gasteiger partial charge in [0.05, 0.1) is 11.1 Å². The van der Waals surface area contributed by atoms with E-state index in [1.54, 1.807) is 0 Å². The number of fused-ring (bicyclic) bond motifs is 9. The zero-order valence-corrected chi connectivity index (χ0v) is 25.4. The third-order valence-electron chi connectivity index (χ3n) is 9.42. The fourth-order valence-corrected chi connectivity index (χ4v) is 7.25. The molecule has 0 N–H and O–H groups in total. The van der Waals surface area contributed by atoms with Crippen LogP contribution in [-0.4, -0.2) is 0 Å². The van der Waals surface area contributed by atoms with Gasteiger partial charge in [0.2, 0.25) is 0 Å². The van der Waals surface area contributed by atoms with Gasteiger partial charge in [0.1, 0.15) is 22.3 Å². The van der Waals surface area contributed by atoms with Crippen molar-refractivity contribution in [1.29, 1.82) is 0 Å². The number of nitrogens with zero attached hydrogens (tertiary/aromatic N) is 1. The Labute approximate surface area is 270 Å². The topological polar surface area (TPSA) is 29.5 Å². The number of hydrogen-bond acceptors (Lipinski definition) is 3. The van der Waals surface area contributed by atoms with Crippen molar-refractivity contribution in [3.63, 3.8) is 0 Å². The highest BCUT2D eigenvalue weighted by molar-refractivity contribution is 6.19. The van der Waals surface area contributed by atoms with Crippen LogP contribution in [-0.2, 0) is 0 Å². The van der Waals surface area contributed by atoms with Gasteiger partial charge >= 0.3 is 0 Å². The van der Waals surface area contributed by atoms with E-state index in [1.807, 2.05) is 12.1 Å². The standard InChI is InChI=1S/C44H27NO2/c1-2-12-30-26-33(24-22-28(30)10-1)45(39-19-9-21-41-42(39)38-25-23-29-11-3-4-15-34(29)44(38)47-41)32-14-7-13-31(27-32)35-17-8-18-37-36-16-5-6-20-40(36)46-43(35)37/h1-27H. The number of furan rings is 2. The summed E-state index contributed by atoms with van der Waals surface area (Å²) in [6.07, 6.45) is 0. The lowest BCUT2D eigenvalue weighted by Crippen LogP contribution is -2.10. The summed E-state index contributed by atoms with van der Waals surface area (Å²) in [5.74, 6) is 0. The first kappa shape index (κ1) is 26.0. The molecule has 3 nitrogen and oxygen atoms in total. The van der Waals surface area contributed by atoms with Crippen molar-refractivity contribution in [2.45, 2.75) is 0 Å². The first-order valence-corrected chi connectivity index (χ1v) is 15.9. The second-order valence-electron chi connectivity index (χ2n) is 12.1. The van der Waals surface area contributed by atoms with Crippen LogP contribution in [0.15, 0.2) is 173 Å². The summed E-state index contributed by atoms with van der Waals surface area (Å²) >= 11 is 0. The molecule has 0 amide bonds.